The van der Waals surface area contributed by atoms with Crippen LogP contribution in [0.5, 0.6) is 5.75 Å². The third kappa shape index (κ3) is 6.00. The van der Waals surface area contributed by atoms with Gasteiger partial charge in [-0.3, -0.25) is 14.9 Å². The van der Waals surface area contributed by atoms with Crippen molar-refractivity contribution in [1.29, 1.82) is 0 Å². The molecule has 10 heteroatoms. The number of amides is 1. The number of ether oxygens (including phenoxy) is 2. The van der Waals surface area contributed by atoms with E-state index in [0.717, 1.165) is 5.56 Å². The lowest BCUT2D eigenvalue weighted by molar-refractivity contribution is -0.136. The van der Waals surface area contributed by atoms with Crippen molar-refractivity contribution in [2.75, 3.05) is 32.8 Å². The predicted molar refractivity (Wildman–Crippen MR) is 109 cm³/mol. The molecular weight excluding hydrogens is 410 g/mol. The molecule has 2 aromatic rings. The molecule has 1 heterocycles. The molecule has 3 N–H and O–H groups in total. The van der Waals surface area contributed by atoms with Crippen LogP contribution in [0.1, 0.15) is 5.56 Å². The van der Waals surface area contributed by atoms with Crippen LogP contribution in [0.25, 0.3) is 0 Å². The standard InChI is InChI=1S/C20H25N3O6S/c24-20(22-25)19(23-10-12-28-13-11-23)14-21-30(26,27)18-8-6-17(7-9-18)29-15-16-4-2-1-3-5-16/h1-9,19,21,25H,10-15H2,(H,22,24)/t19-/m0/s1. The molecular formula is C20H25N3O6S. The largest absolute Gasteiger partial charge is 0.489 e. The molecule has 0 unspecified atom stereocenters. The zero-order valence-electron chi connectivity index (χ0n) is 16.4. The van der Waals surface area contributed by atoms with Crippen LogP contribution < -0.4 is 14.9 Å². The summed E-state index contributed by atoms with van der Waals surface area (Å²) in [4.78, 5) is 13.8. The topological polar surface area (TPSA) is 117 Å². The van der Waals surface area contributed by atoms with Crippen LogP contribution in [0.2, 0.25) is 0 Å². The van der Waals surface area contributed by atoms with Crippen molar-refractivity contribution in [3.8, 4) is 5.75 Å². The van der Waals surface area contributed by atoms with Gasteiger partial charge in [0.05, 0.1) is 18.1 Å². The summed E-state index contributed by atoms with van der Waals surface area (Å²) in [5.41, 5.74) is 2.61. The molecule has 1 amide bonds. The highest BCUT2D eigenvalue weighted by atomic mass is 32.2. The number of nitrogens with zero attached hydrogens (tertiary/aromatic N) is 1. The highest BCUT2D eigenvalue weighted by Gasteiger charge is 2.29. The van der Waals surface area contributed by atoms with Crippen molar-refractivity contribution in [3.05, 3.63) is 60.2 Å². The second kappa shape index (κ2) is 10.5. The summed E-state index contributed by atoms with van der Waals surface area (Å²) in [6, 6.07) is 14.8. The van der Waals surface area contributed by atoms with Gasteiger partial charge in [0.1, 0.15) is 18.4 Å². The molecule has 9 nitrogen and oxygen atoms in total. The molecule has 0 saturated carbocycles. The molecule has 0 spiro atoms. The minimum absolute atomic E-state index is 0.0553. The van der Waals surface area contributed by atoms with E-state index < -0.39 is 22.0 Å². The van der Waals surface area contributed by atoms with Crippen LogP contribution in [0, 0.1) is 0 Å². The van der Waals surface area contributed by atoms with Crippen LogP contribution in [0.15, 0.2) is 59.5 Å². The van der Waals surface area contributed by atoms with Crippen LogP contribution in [-0.2, 0) is 26.2 Å². The number of nitrogens with one attached hydrogen (secondary N) is 2. The molecule has 2 aromatic carbocycles. The second-order valence-electron chi connectivity index (χ2n) is 6.74. The Hall–Kier alpha value is -2.50. The monoisotopic (exact) mass is 435 g/mol. The van der Waals surface area contributed by atoms with Crippen LogP contribution >= 0.6 is 0 Å². The first-order chi connectivity index (χ1) is 14.5. The smallest absolute Gasteiger partial charge is 0.262 e. The van der Waals surface area contributed by atoms with Gasteiger partial charge in [0.2, 0.25) is 10.0 Å². The van der Waals surface area contributed by atoms with Crippen LogP contribution in [0.4, 0.5) is 0 Å². The molecule has 30 heavy (non-hydrogen) atoms. The summed E-state index contributed by atoms with van der Waals surface area (Å²) in [7, 11) is -3.84. The second-order valence-corrected chi connectivity index (χ2v) is 8.50. The molecule has 1 aliphatic heterocycles. The van der Waals surface area contributed by atoms with E-state index in [4.69, 9.17) is 14.7 Å². The number of hydrogen-bond acceptors (Lipinski definition) is 7. The number of hydrogen-bond donors (Lipinski definition) is 3. The molecule has 0 aliphatic carbocycles. The van der Waals surface area contributed by atoms with Gasteiger partial charge >= 0.3 is 0 Å². The van der Waals surface area contributed by atoms with Gasteiger partial charge in [-0.1, -0.05) is 30.3 Å². The number of carbonyl (C=O) groups excluding carboxylic acids is 1. The van der Waals surface area contributed by atoms with E-state index in [0.29, 0.717) is 38.7 Å². The van der Waals surface area contributed by atoms with E-state index in [9.17, 15) is 13.2 Å². The molecule has 0 radical (unpaired) electrons. The van der Waals surface area contributed by atoms with Gasteiger partial charge in [0, 0.05) is 19.6 Å². The average Bonchev–Trinajstić information content (AvgIpc) is 2.79. The van der Waals surface area contributed by atoms with Gasteiger partial charge in [0.15, 0.2) is 0 Å². The maximum atomic E-state index is 12.6. The average molecular weight is 436 g/mol. The lowest BCUT2D eigenvalue weighted by atomic mass is 10.2. The Kier molecular flexibility index (Phi) is 7.77. The van der Waals surface area contributed by atoms with Gasteiger partial charge in [-0.05, 0) is 29.8 Å². The number of rotatable bonds is 9. The van der Waals surface area contributed by atoms with Crippen LogP contribution in [-0.4, -0.2) is 63.3 Å². The number of benzene rings is 2. The molecule has 0 aromatic heterocycles. The van der Waals surface area contributed by atoms with Gasteiger partial charge in [-0.15, -0.1) is 0 Å². The van der Waals surface area contributed by atoms with Crippen molar-refractivity contribution in [2.45, 2.75) is 17.5 Å². The first-order valence-electron chi connectivity index (χ1n) is 9.52. The summed E-state index contributed by atoms with van der Waals surface area (Å²) in [6.45, 7) is 2.00. The molecule has 1 saturated heterocycles. The first-order valence-corrected chi connectivity index (χ1v) is 11.0. The summed E-state index contributed by atoms with van der Waals surface area (Å²) < 4.78 is 38.6. The van der Waals surface area contributed by atoms with E-state index in [1.54, 1.807) is 22.5 Å². The van der Waals surface area contributed by atoms with Gasteiger partial charge in [-0.2, -0.15) is 0 Å². The minimum Gasteiger partial charge on any atom is -0.489 e. The Bertz CT molecular complexity index is 915. The number of hydroxylamine groups is 1. The SMILES string of the molecule is O=C(NO)[C@H](CNS(=O)(=O)c1ccc(OCc2ccccc2)cc1)N1CCOCC1. The third-order valence-electron chi connectivity index (χ3n) is 4.75. The highest BCUT2D eigenvalue weighted by molar-refractivity contribution is 7.89. The van der Waals surface area contributed by atoms with Crippen molar-refractivity contribution in [1.82, 2.24) is 15.1 Å². The zero-order chi connectivity index (χ0) is 21.4. The maximum Gasteiger partial charge on any atom is 0.262 e. The minimum atomic E-state index is -3.84. The van der Waals surface area contributed by atoms with E-state index in [1.807, 2.05) is 30.3 Å². The summed E-state index contributed by atoms with van der Waals surface area (Å²) in [5.74, 6) is -0.132. The summed E-state index contributed by atoms with van der Waals surface area (Å²) >= 11 is 0. The van der Waals surface area contributed by atoms with Gasteiger partial charge in [0.25, 0.3) is 5.91 Å². The summed E-state index contributed by atoms with van der Waals surface area (Å²) in [5, 5.41) is 9.00. The maximum absolute atomic E-state index is 12.6. The Morgan fingerprint density at radius 1 is 1.10 bits per heavy atom. The van der Waals surface area contributed by atoms with Crippen molar-refractivity contribution in [2.24, 2.45) is 0 Å². The van der Waals surface area contributed by atoms with E-state index in [-0.39, 0.29) is 11.4 Å². The van der Waals surface area contributed by atoms with E-state index in [1.165, 1.54) is 12.1 Å². The highest BCUT2D eigenvalue weighted by Crippen LogP contribution is 2.17. The predicted octanol–water partition coefficient (Wildman–Crippen LogP) is 0.750. The normalized spacial score (nSPS) is 16.0. The fourth-order valence-corrected chi connectivity index (χ4v) is 4.12. The fourth-order valence-electron chi connectivity index (χ4n) is 3.08. The third-order valence-corrected chi connectivity index (χ3v) is 6.19. The Morgan fingerprint density at radius 2 is 1.77 bits per heavy atom. The van der Waals surface area contributed by atoms with Crippen molar-refractivity contribution in [3.63, 3.8) is 0 Å². The quantitative estimate of drug-likeness (QED) is 0.393. The van der Waals surface area contributed by atoms with Crippen molar-refractivity contribution < 1.29 is 27.9 Å². The summed E-state index contributed by atoms with van der Waals surface area (Å²) in [6.07, 6.45) is 0. The number of sulfonamides is 1. The van der Waals surface area contributed by atoms with Crippen LogP contribution in [0.3, 0.4) is 0 Å². The first kappa shape index (κ1) is 22.2. The molecule has 3 rings (SSSR count). The van der Waals surface area contributed by atoms with Crippen molar-refractivity contribution >= 4 is 15.9 Å². The Morgan fingerprint density at radius 3 is 2.40 bits per heavy atom. The lowest BCUT2D eigenvalue weighted by Gasteiger charge is -2.32. The van der Waals surface area contributed by atoms with Gasteiger partial charge < -0.3 is 9.47 Å². The Labute approximate surface area is 175 Å². The molecule has 162 valence electrons. The Balaban J connectivity index is 1.60. The molecule has 1 fully saturated rings. The number of morpholine rings is 1. The number of carbonyl (C=O) groups is 1. The fraction of sp³-hybridized carbons (Fsp3) is 0.350. The molecule has 0 bridgehead atoms. The van der Waals surface area contributed by atoms with E-state index in [2.05, 4.69) is 4.72 Å². The van der Waals surface area contributed by atoms with E-state index >= 15 is 0 Å². The zero-order valence-corrected chi connectivity index (χ0v) is 17.2. The van der Waals surface area contributed by atoms with Gasteiger partial charge in [-0.25, -0.2) is 18.6 Å². The lowest BCUT2D eigenvalue weighted by Crippen LogP contribution is -2.55. The molecule has 1 aliphatic rings. The molecule has 1 atom stereocenters.